The molecule has 0 aliphatic heterocycles. The molecule has 16 heavy (non-hydrogen) atoms. The molecule has 0 radical (unpaired) electrons. The first-order valence-electron chi connectivity index (χ1n) is 5.07. The Morgan fingerprint density at radius 2 is 2.19 bits per heavy atom. The monoisotopic (exact) mass is 218 g/mol. The van der Waals surface area contributed by atoms with Gasteiger partial charge >= 0.3 is 0 Å². The summed E-state index contributed by atoms with van der Waals surface area (Å²) in [5.41, 5.74) is 7.80. The number of fused-ring (bicyclic) bond motifs is 1. The highest BCUT2D eigenvalue weighted by molar-refractivity contribution is 5.84. The third-order valence-corrected chi connectivity index (χ3v) is 2.81. The zero-order valence-corrected chi connectivity index (χ0v) is 9.33. The van der Waals surface area contributed by atoms with E-state index in [-0.39, 0.29) is 12.1 Å². The summed E-state index contributed by atoms with van der Waals surface area (Å²) in [5, 5.41) is 0.972. The molecule has 3 N–H and O–H groups in total. The summed E-state index contributed by atoms with van der Waals surface area (Å²) < 4.78 is 5.16. The minimum atomic E-state index is -0.113. The van der Waals surface area contributed by atoms with Gasteiger partial charge in [-0.05, 0) is 30.7 Å². The second-order valence-electron chi connectivity index (χ2n) is 3.67. The van der Waals surface area contributed by atoms with Crippen LogP contribution in [0.3, 0.4) is 0 Å². The molecule has 84 valence electrons. The zero-order chi connectivity index (χ0) is 11.7. The number of hydrogen-bond donors (Lipinski definition) is 2. The minimum absolute atomic E-state index is 0.113. The Morgan fingerprint density at radius 3 is 2.81 bits per heavy atom. The number of aromatic amines is 1. The van der Waals surface area contributed by atoms with E-state index < -0.39 is 0 Å². The Balaban J connectivity index is 2.84. The summed E-state index contributed by atoms with van der Waals surface area (Å²) in [6.45, 7) is 2.15. The van der Waals surface area contributed by atoms with Crippen molar-refractivity contribution in [3.05, 3.63) is 39.7 Å². The van der Waals surface area contributed by atoms with Gasteiger partial charge in [-0.1, -0.05) is 0 Å². The van der Waals surface area contributed by atoms with Crippen LogP contribution in [0.25, 0.3) is 10.9 Å². The molecule has 1 heterocycles. The Hall–Kier alpha value is -1.81. The molecule has 0 spiro atoms. The summed E-state index contributed by atoms with van der Waals surface area (Å²) in [6, 6.07) is 5.56. The maximum absolute atomic E-state index is 11.7. The van der Waals surface area contributed by atoms with E-state index in [0.717, 1.165) is 22.2 Å². The molecule has 1 aromatic carbocycles. The Labute approximate surface area is 93.0 Å². The number of H-pyrrole nitrogens is 1. The highest BCUT2D eigenvalue weighted by Crippen LogP contribution is 2.22. The Morgan fingerprint density at radius 1 is 1.44 bits per heavy atom. The first kappa shape index (κ1) is 10.7. The molecule has 2 aromatic rings. The van der Waals surface area contributed by atoms with Gasteiger partial charge in [0.25, 0.3) is 5.56 Å². The Kier molecular flexibility index (Phi) is 2.66. The molecule has 0 aliphatic carbocycles. The van der Waals surface area contributed by atoms with E-state index in [9.17, 15) is 4.79 Å². The molecule has 0 atom stereocenters. The number of ether oxygens (including phenoxy) is 1. The number of aromatic nitrogens is 1. The molecular weight excluding hydrogens is 204 g/mol. The molecule has 1 aromatic heterocycles. The molecule has 0 bridgehead atoms. The number of nitrogens with one attached hydrogen (secondary N) is 1. The van der Waals surface area contributed by atoms with Gasteiger partial charge in [0.1, 0.15) is 5.75 Å². The average molecular weight is 218 g/mol. The van der Waals surface area contributed by atoms with Gasteiger partial charge in [0.2, 0.25) is 0 Å². The minimum Gasteiger partial charge on any atom is -0.497 e. The van der Waals surface area contributed by atoms with Crippen LogP contribution in [0.2, 0.25) is 0 Å². The highest BCUT2D eigenvalue weighted by atomic mass is 16.5. The van der Waals surface area contributed by atoms with Crippen LogP contribution in [0.15, 0.2) is 23.0 Å². The number of nitrogens with two attached hydrogens (primary N) is 1. The van der Waals surface area contributed by atoms with Crippen LogP contribution in [0, 0.1) is 6.92 Å². The van der Waals surface area contributed by atoms with E-state index in [1.54, 1.807) is 7.11 Å². The molecule has 0 fully saturated rings. The first-order valence-corrected chi connectivity index (χ1v) is 5.07. The quantitative estimate of drug-likeness (QED) is 0.798. The number of hydrogen-bond acceptors (Lipinski definition) is 3. The van der Waals surface area contributed by atoms with Gasteiger partial charge in [-0.2, -0.15) is 0 Å². The number of benzene rings is 1. The van der Waals surface area contributed by atoms with E-state index in [0.29, 0.717) is 5.56 Å². The Bertz CT molecular complexity index is 587. The largest absolute Gasteiger partial charge is 0.497 e. The summed E-state index contributed by atoms with van der Waals surface area (Å²) in [4.78, 5) is 14.5. The highest BCUT2D eigenvalue weighted by Gasteiger charge is 2.08. The van der Waals surface area contributed by atoms with E-state index in [1.807, 2.05) is 25.1 Å². The lowest BCUT2D eigenvalue weighted by Crippen LogP contribution is -2.18. The molecule has 0 amide bonds. The van der Waals surface area contributed by atoms with Gasteiger partial charge in [0.05, 0.1) is 7.11 Å². The fourth-order valence-corrected chi connectivity index (χ4v) is 1.85. The van der Waals surface area contributed by atoms with Crippen molar-refractivity contribution in [2.24, 2.45) is 5.73 Å². The maximum Gasteiger partial charge on any atom is 0.253 e. The number of aryl methyl sites for hydroxylation is 1. The molecule has 0 saturated heterocycles. The van der Waals surface area contributed by atoms with Crippen LogP contribution in [-0.4, -0.2) is 12.1 Å². The molecule has 0 unspecified atom stereocenters. The van der Waals surface area contributed by atoms with Crippen molar-refractivity contribution >= 4 is 10.9 Å². The number of rotatable bonds is 2. The van der Waals surface area contributed by atoms with Gasteiger partial charge in [-0.25, -0.2) is 0 Å². The van der Waals surface area contributed by atoms with Crippen LogP contribution in [0.1, 0.15) is 11.1 Å². The normalized spacial score (nSPS) is 10.7. The molecule has 0 aliphatic rings. The van der Waals surface area contributed by atoms with Gasteiger partial charge in [-0.15, -0.1) is 0 Å². The fraction of sp³-hybridized carbons (Fsp3) is 0.250. The topological polar surface area (TPSA) is 68.1 Å². The van der Waals surface area contributed by atoms with E-state index in [2.05, 4.69) is 4.98 Å². The van der Waals surface area contributed by atoms with E-state index in [1.165, 1.54) is 0 Å². The predicted molar refractivity (Wildman–Crippen MR) is 63.7 cm³/mol. The van der Waals surface area contributed by atoms with Crippen molar-refractivity contribution < 1.29 is 4.74 Å². The van der Waals surface area contributed by atoms with E-state index >= 15 is 0 Å². The van der Waals surface area contributed by atoms with Crippen molar-refractivity contribution in [1.29, 1.82) is 0 Å². The van der Waals surface area contributed by atoms with Gasteiger partial charge in [-0.3, -0.25) is 4.79 Å². The summed E-state index contributed by atoms with van der Waals surface area (Å²) in [6.07, 6.45) is 0. The maximum atomic E-state index is 11.7. The van der Waals surface area contributed by atoms with Gasteiger partial charge in [0.15, 0.2) is 0 Å². The molecule has 4 nitrogen and oxygen atoms in total. The molecule has 2 rings (SSSR count). The van der Waals surface area contributed by atoms with Crippen molar-refractivity contribution in [3.8, 4) is 5.75 Å². The summed E-state index contributed by atoms with van der Waals surface area (Å²) in [5.74, 6) is 0.769. The number of methoxy groups -OCH3 is 1. The van der Waals surface area contributed by atoms with Crippen LogP contribution < -0.4 is 16.0 Å². The molecule has 4 heteroatoms. The SMILES string of the molecule is COc1ccc2[nH]c(=O)c(CN)c(C)c2c1. The van der Waals surface area contributed by atoms with Crippen LogP contribution in [-0.2, 0) is 6.54 Å². The standard InChI is InChI=1S/C12H14N2O2/c1-7-9-5-8(16-2)3-4-11(9)14-12(15)10(7)6-13/h3-5H,6,13H2,1-2H3,(H,14,15). The molecule has 0 saturated carbocycles. The summed E-state index contributed by atoms with van der Waals surface area (Å²) >= 11 is 0. The van der Waals surface area contributed by atoms with Gasteiger partial charge in [0, 0.05) is 23.0 Å². The second-order valence-corrected chi connectivity index (χ2v) is 3.67. The number of pyridine rings is 1. The van der Waals surface area contributed by atoms with Crippen LogP contribution in [0.4, 0.5) is 0 Å². The van der Waals surface area contributed by atoms with Crippen molar-refractivity contribution in [2.45, 2.75) is 13.5 Å². The lowest BCUT2D eigenvalue weighted by atomic mass is 10.0. The third-order valence-electron chi connectivity index (χ3n) is 2.81. The van der Waals surface area contributed by atoms with Gasteiger partial charge < -0.3 is 15.5 Å². The smallest absolute Gasteiger partial charge is 0.253 e. The average Bonchev–Trinajstić information content (AvgIpc) is 2.29. The molecular formula is C12H14N2O2. The fourth-order valence-electron chi connectivity index (χ4n) is 1.85. The summed E-state index contributed by atoms with van der Waals surface area (Å²) in [7, 11) is 1.62. The lowest BCUT2D eigenvalue weighted by Gasteiger charge is -2.08. The van der Waals surface area contributed by atoms with Crippen LogP contribution >= 0.6 is 0 Å². The first-order chi connectivity index (χ1) is 7.67. The van der Waals surface area contributed by atoms with Crippen molar-refractivity contribution in [2.75, 3.05) is 7.11 Å². The zero-order valence-electron chi connectivity index (χ0n) is 9.33. The predicted octanol–water partition coefficient (Wildman–Crippen LogP) is 1.30. The van der Waals surface area contributed by atoms with Crippen molar-refractivity contribution in [3.63, 3.8) is 0 Å². The van der Waals surface area contributed by atoms with Crippen LogP contribution in [0.5, 0.6) is 5.75 Å². The van der Waals surface area contributed by atoms with Crippen molar-refractivity contribution in [1.82, 2.24) is 4.98 Å². The third kappa shape index (κ3) is 1.57. The second kappa shape index (κ2) is 3.98. The lowest BCUT2D eigenvalue weighted by molar-refractivity contribution is 0.415. The van der Waals surface area contributed by atoms with E-state index in [4.69, 9.17) is 10.5 Å².